The van der Waals surface area contributed by atoms with Crippen molar-refractivity contribution in [3.8, 4) is 11.4 Å². The minimum absolute atomic E-state index is 0.129. The van der Waals surface area contributed by atoms with Crippen LogP contribution in [0.15, 0.2) is 42.7 Å². The number of carboxylic acid groups (broad SMARTS) is 1. The molecule has 0 spiro atoms. The third-order valence-electron chi connectivity index (χ3n) is 2.59. The Labute approximate surface area is 102 Å². The lowest BCUT2D eigenvalue weighted by Gasteiger charge is -2.03. The molecule has 0 radical (unpaired) electrons. The molecule has 0 amide bonds. The van der Waals surface area contributed by atoms with Crippen molar-refractivity contribution in [1.29, 1.82) is 0 Å². The third kappa shape index (κ3) is 1.51. The number of aromatic carboxylic acids is 1. The Kier molecular flexibility index (Phi) is 2.26. The number of rotatable bonds is 2. The first-order valence-corrected chi connectivity index (χ1v) is 5.25. The largest absolute Gasteiger partial charge is 0.477 e. The molecule has 3 aromatic rings. The van der Waals surface area contributed by atoms with Crippen LogP contribution < -0.4 is 0 Å². The van der Waals surface area contributed by atoms with Crippen LogP contribution in [-0.2, 0) is 0 Å². The zero-order valence-corrected chi connectivity index (χ0v) is 9.19. The van der Waals surface area contributed by atoms with Gasteiger partial charge in [-0.1, -0.05) is 6.07 Å². The lowest BCUT2D eigenvalue weighted by molar-refractivity contribution is 0.0689. The summed E-state index contributed by atoms with van der Waals surface area (Å²) in [6, 6.07) is 8.39. The molecule has 0 saturated carbocycles. The first-order chi connectivity index (χ1) is 8.77. The number of hydrogen-bond acceptors (Lipinski definition) is 4. The smallest absolute Gasteiger partial charge is 0.352 e. The Hall–Kier alpha value is -2.76. The number of hydrogen-bond donors (Lipinski definition) is 1. The van der Waals surface area contributed by atoms with E-state index in [1.807, 2.05) is 0 Å². The molecular formula is C12H8N4O2. The van der Waals surface area contributed by atoms with Crippen LogP contribution >= 0.6 is 0 Å². The molecule has 0 saturated heterocycles. The lowest BCUT2D eigenvalue weighted by Crippen LogP contribution is -2.05. The maximum atomic E-state index is 11.2. The van der Waals surface area contributed by atoms with Gasteiger partial charge in [-0.3, -0.25) is 9.38 Å². The van der Waals surface area contributed by atoms with E-state index in [0.717, 1.165) is 5.56 Å². The highest BCUT2D eigenvalue weighted by Gasteiger charge is 2.14. The highest BCUT2D eigenvalue weighted by molar-refractivity contribution is 5.87. The second kappa shape index (κ2) is 3.92. The molecule has 88 valence electrons. The highest BCUT2D eigenvalue weighted by atomic mass is 16.4. The first kappa shape index (κ1) is 10.4. The van der Waals surface area contributed by atoms with Crippen LogP contribution in [0, 0.1) is 0 Å². The van der Waals surface area contributed by atoms with E-state index in [4.69, 9.17) is 0 Å². The van der Waals surface area contributed by atoms with E-state index in [2.05, 4.69) is 15.2 Å². The Balaban J connectivity index is 2.35. The molecule has 3 rings (SSSR count). The molecule has 0 atom stereocenters. The number of nitrogens with zero attached hydrogens (tertiary/aromatic N) is 4. The van der Waals surface area contributed by atoms with Crippen LogP contribution in [-0.4, -0.2) is 30.7 Å². The summed E-state index contributed by atoms with van der Waals surface area (Å²) >= 11 is 0. The normalized spacial score (nSPS) is 10.7. The molecule has 6 nitrogen and oxygen atoms in total. The van der Waals surface area contributed by atoms with Gasteiger partial charge in [-0.05, 0) is 24.3 Å². The maximum absolute atomic E-state index is 11.2. The molecule has 0 unspecified atom stereocenters. The molecule has 18 heavy (non-hydrogen) atoms. The van der Waals surface area contributed by atoms with Gasteiger partial charge in [0.1, 0.15) is 5.69 Å². The van der Waals surface area contributed by atoms with Gasteiger partial charge >= 0.3 is 5.97 Å². The van der Waals surface area contributed by atoms with E-state index in [1.165, 1.54) is 10.5 Å². The summed E-state index contributed by atoms with van der Waals surface area (Å²) in [5, 5.41) is 17.2. The molecule has 3 heterocycles. The lowest BCUT2D eigenvalue weighted by atomic mass is 10.2. The fraction of sp³-hybridized carbons (Fsp3) is 0. The summed E-state index contributed by atoms with van der Waals surface area (Å²) in [4.78, 5) is 15.1. The number of carboxylic acids is 1. The zero-order valence-electron chi connectivity index (χ0n) is 9.19. The molecule has 6 heteroatoms. The van der Waals surface area contributed by atoms with Crippen molar-refractivity contribution < 1.29 is 9.90 Å². The van der Waals surface area contributed by atoms with E-state index >= 15 is 0 Å². The SMILES string of the molecule is O=C(O)c1cccc2nnc(-c3ccncc3)n12. The summed E-state index contributed by atoms with van der Waals surface area (Å²) in [7, 11) is 0. The number of carbonyl (C=O) groups is 1. The molecule has 0 aliphatic heterocycles. The topological polar surface area (TPSA) is 80.4 Å². The molecule has 0 aromatic carbocycles. The van der Waals surface area contributed by atoms with Crippen LogP contribution in [0.3, 0.4) is 0 Å². The second-order valence-corrected chi connectivity index (χ2v) is 3.67. The predicted octanol–water partition coefficient (Wildman–Crippen LogP) is 1.49. The minimum atomic E-state index is -1.02. The van der Waals surface area contributed by atoms with Gasteiger partial charge in [0.25, 0.3) is 0 Å². The van der Waals surface area contributed by atoms with E-state index in [1.54, 1.807) is 36.7 Å². The van der Waals surface area contributed by atoms with Gasteiger partial charge in [-0.15, -0.1) is 10.2 Å². The standard InChI is InChI=1S/C12H8N4O2/c17-12(18)9-2-1-3-10-14-15-11(16(9)10)8-4-6-13-7-5-8/h1-7H,(H,17,18). The van der Waals surface area contributed by atoms with Gasteiger partial charge < -0.3 is 5.11 Å². The molecular weight excluding hydrogens is 232 g/mol. The Bertz CT molecular complexity index is 721. The van der Waals surface area contributed by atoms with Crippen molar-refractivity contribution in [1.82, 2.24) is 19.6 Å². The van der Waals surface area contributed by atoms with Crippen LogP contribution in [0.1, 0.15) is 10.5 Å². The van der Waals surface area contributed by atoms with E-state index in [0.29, 0.717) is 11.5 Å². The van der Waals surface area contributed by atoms with Gasteiger partial charge in [0.15, 0.2) is 11.5 Å². The number of pyridine rings is 2. The third-order valence-corrected chi connectivity index (χ3v) is 2.59. The maximum Gasteiger partial charge on any atom is 0.352 e. The summed E-state index contributed by atoms with van der Waals surface area (Å²) in [5.41, 5.74) is 1.40. The fourth-order valence-corrected chi connectivity index (χ4v) is 1.80. The molecule has 3 aromatic heterocycles. The molecule has 0 fully saturated rings. The Morgan fingerprint density at radius 1 is 1.11 bits per heavy atom. The number of fused-ring (bicyclic) bond motifs is 1. The summed E-state index contributed by atoms with van der Waals surface area (Å²) in [5.74, 6) is -0.527. The average molecular weight is 240 g/mol. The van der Waals surface area contributed by atoms with Crippen molar-refractivity contribution in [3.05, 3.63) is 48.4 Å². The van der Waals surface area contributed by atoms with E-state index in [-0.39, 0.29) is 5.69 Å². The zero-order chi connectivity index (χ0) is 12.5. The summed E-state index contributed by atoms with van der Waals surface area (Å²) in [6.07, 6.45) is 3.25. The minimum Gasteiger partial charge on any atom is -0.477 e. The average Bonchev–Trinajstić information content (AvgIpc) is 2.83. The Morgan fingerprint density at radius 3 is 2.61 bits per heavy atom. The van der Waals surface area contributed by atoms with Crippen LogP contribution in [0.25, 0.3) is 17.0 Å². The summed E-state index contributed by atoms with van der Waals surface area (Å²) in [6.45, 7) is 0. The van der Waals surface area contributed by atoms with E-state index < -0.39 is 5.97 Å². The van der Waals surface area contributed by atoms with Crippen molar-refractivity contribution in [3.63, 3.8) is 0 Å². The molecule has 1 N–H and O–H groups in total. The number of aromatic nitrogens is 4. The summed E-state index contributed by atoms with van der Waals surface area (Å²) < 4.78 is 1.51. The highest BCUT2D eigenvalue weighted by Crippen LogP contribution is 2.19. The van der Waals surface area contributed by atoms with Gasteiger partial charge in [0, 0.05) is 18.0 Å². The van der Waals surface area contributed by atoms with Crippen molar-refractivity contribution in [2.45, 2.75) is 0 Å². The second-order valence-electron chi connectivity index (χ2n) is 3.67. The van der Waals surface area contributed by atoms with Crippen molar-refractivity contribution >= 4 is 11.6 Å². The molecule has 0 bridgehead atoms. The van der Waals surface area contributed by atoms with Crippen LogP contribution in [0.2, 0.25) is 0 Å². The van der Waals surface area contributed by atoms with Crippen molar-refractivity contribution in [2.24, 2.45) is 0 Å². The van der Waals surface area contributed by atoms with E-state index in [9.17, 15) is 9.90 Å². The predicted molar refractivity (Wildman–Crippen MR) is 63.2 cm³/mol. The quantitative estimate of drug-likeness (QED) is 0.734. The van der Waals surface area contributed by atoms with Gasteiger partial charge in [-0.25, -0.2) is 4.79 Å². The van der Waals surface area contributed by atoms with Gasteiger partial charge in [-0.2, -0.15) is 0 Å². The van der Waals surface area contributed by atoms with Crippen molar-refractivity contribution in [2.75, 3.05) is 0 Å². The first-order valence-electron chi connectivity index (χ1n) is 5.25. The monoisotopic (exact) mass is 240 g/mol. The Morgan fingerprint density at radius 2 is 1.89 bits per heavy atom. The van der Waals surface area contributed by atoms with Crippen LogP contribution in [0.5, 0.6) is 0 Å². The van der Waals surface area contributed by atoms with Gasteiger partial charge in [0.2, 0.25) is 0 Å². The van der Waals surface area contributed by atoms with Crippen LogP contribution in [0.4, 0.5) is 0 Å². The molecule has 0 aliphatic carbocycles. The van der Waals surface area contributed by atoms with Gasteiger partial charge in [0.05, 0.1) is 0 Å². The molecule has 0 aliphatic rings. The fourth-order valence-electron chi connectivity index (χ4n) is 1.80.